The SMILES string of the molecule is Cl.Cl.c1ccc(CN2C[C@H]3CNC[C@@H]3C2)cc1. The average molecular weight is 275 g/mol. The lowest BCUT2D eigenvalue weighted by atomic mass is 10.0. The molecule has 96 valence electrons. The van der Waals surface area contributed by atoms with Gasteiger partial charge in [-0.1, -0.05) is 30.3 Å². The highest BCUT2D eigenvalue weighted by Gasteiger charge is 2.35. The predicted octanol–water partition coefficient (Wildman–Crippen LogP) is 2.18. The average Bonchev–Trinajstić information content (AvgIpc) is 2.79. The maximum atomic E-state index is 3.48. The minimum atomic E-state index is 0. The molecule has 2 heterocycles. The molecule has 0 unspecified atom stereocenters. The maximum absolute atomic E-state index is 3.48. The van der Waals surface area contributed by atoms with E-state index in [1.807, 2.05) is 0 Å². The number of nitrogens with one attached hydrogen (secondary N) is 1. The predicted molar refractivity (Wildman–Crippen MR) is 76.1 cm³/mol. The summed E-state index contributed by atoms with van der Waals surface area (Å²) in [6.45, 7) is 6.17. The van der Waals surface area contributed by atoms with Gasteiger partial charge >= 0.3 is 0 Å². The Kier molecular flexibility index (Phi) is 5.74. The summed E-state index contributed by atoms with van der Waals surface area (Å²) >= 11 is 0. The maximum Gasteiger partial charge on any atom is 0.0233 e. The van der Waals surface area contributed by atoms with Crippen molar-refractivity contribution < 1.29 is 0 Å². The van der Waals surface area contributed by atoms with Crippen molar-refractivity contribution >= 4 is 24.8 Å². The number of nitrogens with zero attached hydrogens (tertiary/aromatic N) is 1. The number of hydrogen-bond acceptors (Lipinski definition) is 2. The van der Waals surface area contributed by atoms with Crippen LogP contribution in [0.15, 0.2) is 30.3 Å². The van der Waals surface area contributed by atoms with Gasteiger partial charge in [-0.05, 0) is 30.5 Å². The lowest BCUT2D eigenvalue weighted by molar-refractivity contribution is 0.305. The van der Waals surface area contributed by atoms with Crippen molar-refractivity contribution in [3.8, 4) is 0 Å². The van der Waals surface area contributed by atoms with Crippen LogP contribution in [0.5, 0.6) is 0 Å². The highest BCUT2D eigenvalue weighted by Crippen LogP contribution is 2.27. The summed E-state index contributed by atoms with van der Waals surface area (Å²) in [4.78, 5) is 2.60. The molecule has 2 atom stereocenters. The number of halogens is 2. The first kappa shape index (κ1) is 14.8. The van der Waals surface area contributed by atoms with Crippen LogP contribution < -0.4 is 5.32 Å². The van der Waals surface area contributed by atoms with E-state index in [0.29, 0.717) is 0 Å². The van der Waals surface area contributed by atoms with Gasteiger partial charge in [0.15, 0.2) is 0 Å². The Labute approximate surface area is 116 Å². The molecule has 2 aliphatic heterocycles. The first-order valence-electron chi connectivity index (χ1n) is 5.89. The fourth-order valence-corrected chi connectivity index (χ4v) is 2.92. The van der Waals surface area contributed by atoms with Crippen LogP contribution in [0.3, 0.4) is 0 Å². The van der Waals surface area contributed by atoms with Gasteiger partial charge in [0.1, 0.15) is 0 Å². The third-order valence-electron chi connectivity index (χ3n) is 3.71. The van der Waals surface area contributed by atoms with Crippen molar-refractivity contribution in [2.45, 2.75) is 6.54 Å². The Balaban J connectivity index is 0.000000722. The van der Waals surface area contributed by atoms with E-state index in [1.165, 1.54) is 31.7 Å². The van der Waals surface area contributed by atoms with Gasteiger partial charge in [-0.2, -0.15) is 0 Å². The van der Waals surface area contributed by atoms with Crippen molar-refractivity contribution in [2.24, 2.45) is 11.8 Å². The second-order valence-corrected chi connectivity index (χ2v) is 4.86. The molecule has 0 saturated carbocycles. The van der Waals surface area contributed by atoms with E-state index in [2.05, 4.69) is 40.5 Å². The quantitative estimate of drug-likeness (QED) is 0.890. The van der Waals surface area contributed by atoms with E-state index < -0.39 is 0 Å². The minimum Gasteiger partial charge on any atom is -0.316 e. The number of hydrogen-bond donors (Lipinski definition) is 1. The summed E-state index contributed by atoms with van der Waals surface area (Å²) in [6.07, 6.45) is 0. The molecule has 1 aromatic carbocycles. The zero-order chi connectivity index (χ0) is 10.1. The van der Waals surface area contributed by atoms with E-state index in [-0.39, 0.29) is 24.8 Å². The van der Waals surface area contributed by atoms with E-state index in [9.17, 15) is 0 Å². The normalized spacial score (nSPS) is 27.1. The Hall–Kier alpha value is -0.280. The van der Waals surface area contributed by atoms with Crippen molar-refractivity contribution in [1.82, 2.24) is 10.2 Å². The van der Waals surface area contributed by atoms with Gasteiger partial charge in [-0.3, -0.25) is 4.90 Å². The molecule has 4 heteroatoms. The van der Waals surface area contributed by atoms with E-state index >= 15 is 0 Å². The standard InChI is InChI=1S/C13H18N2.2ClH/c1-2-4-11(5-3-1)8-15-9-12-6-14-7-13(12)10-15;;/h1-5,12-14H,6-10H2;2*1H/t12-,13-;;/m1../s1. The monoisotopic (exact) mass is 274 g/mol. The molecular weight excluding hydrogens is 255 g/mol. The fraction of sp³-hybridized carbons (Fsp3) is 0.538. The summed E-state index contributed by atoms with van der Waals surface area (Å²) in [5, 5.41) is 3.48. The molecule has 2 fully saturated rings. The van der Waals surface area contributed by atoms with Crippen LogP contribution in [0.25, 0.3) is 0 Å². The van der Waals surface area contributed by atoms with Crippen LogP contribution in [0.1, 0.15) is 5.56 Å². The van der Waals surface area contributed by atoms with Crippen LogP contribution in [0.2, 0.25) is 0 Å². The summed E-state index contributed by atoms with van der Waals surface area (Å²) in [6, 6.07) is 10.8. The highest BCUT2D eigenvalue weighted by atomic mass is 35.5. The summed E-state index contributed by atoms with van der Waals surface area (Å²) in [5.74, 6) is 1.82. The van der Waals surface area contributed by atoms with E-state index in [0.717, 1.165) is 18.4 Å². The molecule has 2 saturated heterocycles. The Bertz CT molecular complexity index is 319. The van der Waals surface area contributed by atoms with Gasteiger partial charge in [-0.15, -0.1) is 24.8 Å². The van der Waals surface area contributed by atoms with Gasteiger partial charge < -0.3 is 5.32 Å². The molecule has 0 aliphatic carbocycles. The van der Waals surface area contributed by atoms with Crippen LogP contribution in [0.4, 0.5) is 0 Å². The molecule has 1 aromatic rings. The number of likely N-dealkylation sites (tertiary alicyclic amines) is 1. The largest absolute Gasteiger partial charge is 0.316 e. The third-order valence-corrected chi connectivity index (χ3v) is 3.71. The lowest BCUT2D eigenvalue weighted by Gasteiger charge is -2.16. The number of fused-ring (bicyclic) bond motifs is 1. The molecule has 0 aromatic heterocycles. The van der Waals surface area contributed by atoms with Gasteiger partial charge in [0.25, 0.3) is 0 Å². The molecule has 17 heavy (non-hydrogen) atoms. The van der Waals surface area contributed by atoms with E-state index in [4.69, 9.17) is 0 Å². The van der Waals surface area contributed by atoms with Crippen molar-refractivity contribution in [1.29, 1.82) is 0 Å². The minimum absolute atomic E-state index is 0. The zero-order valence-corrected chi connectivity index (χ0v) is 11.5. The lowest BCUT2D eigenvalue weighted by Crippen LogP contribution is -2.25. The molecule has 0 radical (unpaired) electrons. The van der Waals surface area contributed by atoms with Crippen molar-refractivity contribution in [3.63, 3.8) is 0 Å². The molecule has 2 nitrogen and oxygen atoms in total. The summed E-state index contributed by atoms with van der Waals surface area (Å²) < 4.78 is 0. The van der Waals surface area contributed by atoms with Gasteiger partial charge in [0.2, 0.25) is 0 Å². The zero-order valence-electron chi connectivity index (χ0n) is 9.84. The van der Waals surface area contributed by atoms with Gasteiger partial charge in [-0.25, -0.2) is 0 Å². The second kappa shape index (κ2) is 6.60. The summed E-state index contributed by atoms with van der Waals surface area (Å²) in [7, 11) is 0. The Morgan fingerprint density at radius 1 is 1.00 bits per heavy atom. The second-order valence-electron chi connectivity index (χ2n) is 4.86. The fourth-order valence-electron chi connectivity index (χ4n) is 2.92. The van der Waals surface area contributed by atoms with Crippen molar-refractivity contribution in [2.75, 3.05) is 26.2 Å². The Morgan fingerprint density at radius 2 is 1.59 bits per heavy atom. The van der Waals surface area contributed by atoms with Gasteiger partial charge in [0.05, 0.1) is 0 Å². The van der Waals surface area contributed by atoms with E-state index in [1.54, 1.807) is 0 Å². The van der Waals surface area contributed by atoms with Crippen LogP contribution >= 0.6 is 24.8 Å². The molecular formula is C13H20Cl2N2. The van der Waals surface area contributed by atoms with Crippen molar-refractivity contribution in [3.05, 3.63) is 35.9 Å². The third kappa shape index (κ3) is 3.35. The highest BCUT2D eigenvalue weighted by molar-refractivity contribution is 5.85. The smallest absolute Gasteiger partial charge is 0.0233 e. The van der Waals surface area contributed by atoms with Crippen LogP contribution in [0, 0.1) is 11.8 Å². The first-order valence-corrected chi connectivity index (χ1v) is 5.89. The summed E-state index contributed by atoms with van der Waals surface area (Å²) in [5.41, 5.74) is 1.45. The molecule has 0 bridgehead atoms. The first-order chi connectivity index (χ1) is 7.42. The molecule has 0 spiro atoms. The molecule has 3 rings (SSSR count). The molecule has 0 amide bonds. The topological polar surface area (TPSA) is 15.3 Å². The Morgan fingerprint density at radius 3 is 2.18 bits per heavy atom. The van der Waals surface area contributed by atoms with Crippen LogP contribution in [-0.4, -0.2) is 31.1 Å². The number of rotatable bonds is 2. The molecule has 1 N–H and O–H groups in total. The van der Waals surface area contributed by atoms with Crippen LogP contribution in [-0.2, 0) is 6.54 Å². The molecule has 2 aliphatic rings. The number of benzene rings is 1. The van der Waals surface area contributed by atoms with Gasteiger partial charge in [0, 0.05) is 19.6 Å².